The number of benzene rings is 1. The zero-order chi connectivity index (χ0) is 54.0. The lowest BCUT2D eigenvalue weighted by Gasteiger charge is -2.22. The van der Waals surface area contributed by atoms with Crippen LogP contribution in [0.3, 0.4) is 0 Å². The van der Waals surface area contributed by atoms with E-state index in [2.05, 4.69) is 91.8 Å². The summed E-state index contributed by atoms with van der Waals surface area (Å²) in [6, 6.07) is 10.4. The summed E-state index contributed by atoms with van der Waals surface area (Å²) in [6.45, 7) is 13.4. The van der Waals surface area contributed by atoms with E-state index in [1.807, 2.05) is 36.6 Å². The van der Waals surface area contributed by atoms with Crippen LogP contribution in [0.4, 0.5) is 0 Å². The number of nitrogens with zero attached hydrogens (tertiary/aromatic N) is 2. The number of ether oxygens (including phenoxy) is 3. The molecule has 1 rings (SSSR count). The first-order chi connectivity index (χ1) is 36.2. The van der Waals surface area contributed by atoms with Gasteiger partial charge in [0, 0.05) is 26.2 Å². The Labute approximate surface area is 452 Å². The molecule has 0 aliphatic rings. The summed E-state index contributed by atoms with van der Waals surface area (Å²) in [5.41, 5.74) is 1.69. The van der Waals surface area contributed by atoms with Gasteiger partial charge in [-0.3, -0.25) is 4.79 Å². The maximum Gasteiger partial charge on any atom is 0.346 e. The van der Waals surface area contributed by atoms with Crippen LogP contribution in [0, 0.1) is 48.9 Å². The molecule has 0 amide bonds. The molecule has 1 aromatic carbocycles. The summed E-state index contributed by atoms with van der Waals surface area (Å²) in [6.07, 6.45) is 64.7. The number of allylic oxidation sites excluding steroid dienone is 7. The van der Waals surface area contributed by atoms with E-state index in [0.29, 0.717) is 25.7 Å². The van der Waals surface area contributed by atoms with Gasteiger partial charge in [-0.15, -0.1) is 19.3 Å². The lowest BCUT2D eigenvalue weighted by atomic mass is 10.0. The number of carbonyl (C=O) groups excluding carboxylic acids is 3. The molecular weight excluding hydrogens is 917 g/mol. The molecule has 74 heavy (non-hydrogen) atoms. The molecule has 0 saturated heterocycles. The van der Waals surface area contributed by atoms with Crippen LogP contribution >= 0.6 is 0 Å². The van der Waals surface area contributed by atoms with Crippen molar-refractivity contribution in [2.45, 2.75) is 201 Å². The van der Waals surface area contributed by atoms with Crippen LogP contribution in [0.25, 0.3) is 0 Å². The highest BCUT2D eigenvalue weighted by molar-refractivity contribution is 5.94. The second-order valence-corrected chi connectivity index (χ2v) is 19.5. The Hall–Kier alpha value is -5.65. The van der Waals surface area contributed by atoms with Gasteiger partial charge in [-0.05, 0) is 93.1 Å². The molecule has 0 fully saturated rings. The van der Waals surface area contributed by atoms with E-state index in [4.69, 9.17) is 33.5 Å². The fourth-order valence-electron chi connectivity index (χ4n) is 8.22. The highest BCUT2D eigenvalue weighted by Crippen LogP contribution is 2.15. The maximum absolute atomic E-state index is 12.7. The summed E-state index contributed by atoms with van der Waals surface area (Å²) in [5, 5.41) is 0. The molecule has 2 unspecified atom stereocenters. The zero-order valence-electron chi connectivity index (χ0n) is 46.7. The Morgan fingerprint density at radius 2 is 0.959 bits per heavy atom. The lowest BCUT2D eigenvalue weighted by molar-refractivity contribution is -0.145. The largest absolute Gasteiger partial charge is 0.465 e. The van der Waals surface area contributed by atoms with Crippen molar-refractivity contribution in [2.24, 2.45) is 11.8 Å². The molecule has 0 saturated carbocycles. The molecule has 0 aromatic heterocycles. The molecule has 8 heteroatoms. The summed E-state index contributed by atoms with van der Waals surface area (Å²) >= 11 is 0. The zero-order valence-corrected chi connectivity index (χ0v) is 46.7. The van der Waals surface area contributed by atoms with Gasteiger partial charge >= 0.3 is 17.9 Å². The van der Waals surface area contributed by atoms with Gasteiger partial charge in [0.1, 0.15) is 17.1 Å². The maximum atomic E-state index is 12.7. The third kappa shape index (κ3) is 37.1. The molecule has 0 N–H and O–H groups in total. The van der Waals surface area contributed by atoms with Gasteiger partial charge in [-0.1, -0.05) is 222 Å². The van der Waals surface area contributed by atoms with E-state index in [-0.39, 0.29) is 17.1 Å². The third-order valence-electron chi connectivity index (χ3n) is 12.8. The first kappa shape index (κ1) is 66.4. The van der Waals surface area contributed by atoms with E-state index >= 15 is 0 Å². The number of unbranched alkanes of at least 4 members (excludes halogenated alkanes) is 20. The number of carbonyl (C=O) groups is 3. The summed E-state index contributed by atoms with van der Waals surface area (Å²) < 4.78 is 16.4. The van der Waals surface area contributed by atoms with Crippen molar-refractivity contribution in [3.63, 3.8) is 0 Å². The highest BCUT2D eigenvalue weighted by Gasteiger charge is 2.14. The van der Waals surface area contributed by atoms with Crippen LogP contribution in [0.1, 0.15) is 200 Å². The van der Waals surface area contributed by atoms with Gasteiger partial charge in [0.05, 0.1) is 19.8 Å². The quantitative estimate of drug-likeness (QED) is 0.0159. The van der Waals surface area contributed by atoms with Crippen molar-refractivity contribution in [3.8, 4) is 37.0 Å². The standard InChI is InChI=1S/C66H98N2O6/c1-8-14-17-20-25-38-55-72-64(69)61(11-4)47-33-37-52-67(51-36-29-30-43-59(7)44-41-48-62(12-5)65(70)73-56-39-26-21-18-15-9-2)50-34-23-24-35-53-68(58-60-45-31-28-32-46-60)54-42-49-63(13-6)66(71)74-57-40-27-22-19-16-10-3/h4-6,28,31-33,37,41-42,44-49,52,54,59,61H,8-10,14-27,29-30,34-36,38-40,43,50-51,53,55-58H2,1-3,7H3/b44-41+,47-33+,52-37+,54-42+,62-48+,63-49-. The minimum Gasteiger partial charge on any atom is -0.465 e. The van der Waals surface area contributed by atoms with Crippen molar-refractivity contribution in [1.82, 2.24) is 9.80 Å². The van der Waals surface area contributed by atoms with E-state index in [1.54, 1.807) is 18.2 Å². The Morgan fingerprint density at radius 3 is 1.47 bits per heavy atom. The van der Waals surface area contributed by atoms with E-state index in [0.717, 1.165) is 129 Å². The minimum atomic E-state index is -0.718. The van der Waals surface area contributed by atoms with Crippen LogP contribution in [-0.4, -0.2) is 67.2 Å². The molecule has 0 aliphatic carbocycles. The molecular formula is C66H98N2O6. The average Bonchev–Trinajstić information content (AvgIpc) is 3.40. The molecule has 0 radical (unpaired) electrons. The highest BCUT2D eigenvalue weighted by atomic mass is 16.5. The normalized spacial score (nSPS) is 12.7. The Kier molecular flexibility index (Phi) is 43.3. The van der Waals surface area contributed by atoms with Gasteiger partial charge in [0.2, 0.25) is 0 Å². The van der Waals surface area contributed by atoms with Crippen molar-refractivity contribution in [2.75, 3.05) is 39.5 Å². The van der Waals surface area contributed by atoms with Crippen LogP contribution in [-0.2, 0) is 35.1 Å². The molecule has 408 valence electrons. The number of rotatable bonds is 46. The van der Waals surface area contributed by atoms with Crippen molar-refractivity contribution in [3.05, 3.63) is 108 Å². The number of hydrogen-bond donors (Lipinski definition) is 0. The minimum absolute atomic E-state index is 0.225. The fraction of sp³-hybridized carbons (Fsp3) is 0.591. The molecule has 2 atom stereocenters. The first-order valence-electron chi connectivity index (χ1n) is 28.8. The summed E-state index contributed by atoms with van der Waals surface area (Å²) in [7, 11) is 0. The van der Waals surface area contributed by atoms with Crippen LogP contribution in [0.15, 0.2) is 102 Å². The van der Waals surface area contributed by atoms with Gasteiger partial charge in [-0.2, -0.15) is 0 Å². The van der Waals surface area contributed by atoms with Crippen molar-refractivity contribution in [1.29, 1.82) is 0 Å². The van der Waals surface area contributed by atoms with Gasteiger partial charge < -0.3 is 24.0 Å². The van der Waals surface area contributed by atoms with E-state index in [9.17, 15) is 14.4 Å². The van der Waals surface area contributed by atoms with Crippen molar-refractivity contribution < 1.29 is 28.6 Å². The second-order valence-electron chi connectivity index (χ2n) is 19.5. The van der Waals surface area contributed by atoms with Crippen LogP contribution in [0.2, 0.25) is 0 Å². The van der Waals surface area contributed by atoms with Crippen molar-refractivity contribution >= 4 is 17.9 Å². The topological polar surface area (TPSA) is 85.4 Å². The predicted molar refractivity (Wildman–Crippen MR) is 310 cm³/mol. The summed E-state index contributed by atoms with van der Waals surface area (Å²) in [5.74, 6) is 5.97. The first-order valence-corrected chi connectivity index (χ1v) is 28.8. The molecule has 0 aliphatic heterocycles. The van der Waals surface area contributed by atoms with E-state index < -0.39 is 17.9 Å². The van der Waals surface area contributed by atoms with Crippen LogP contribution < -0.4 is 0 Å². The smallest absolute Gasteiger partial charge is 0.346 e. The fourth-order valence-corrected chi connectivity index (χ4v) is 8.22. The van der Waals surface area contributed by atoms with Gasteiger partial charge in [0.15, 0.2) is 0 Å². The predicted octanol–water partition coefficient (Wildman–Crippen LogP) is 15.8. The Balaban J connectivity index is 2.84. The van der Waals surface area contributed by atoms with E-state index in [1.165, 1.54) is 69.8 Å². The Bertz CT molecular complexity index is 1920. The molecule has 1 aromatic rings. The number of esters is 3. The Morgan fingerprint density at radius 1 is 0.514 bits per heavy atom. The molecule has 8 nitrogen and oxygen atoms in total. The van der Waals surface area contributed by atoms with Gasteiger partial charge in [0.25, 0.3) is 0 Å². The molecule has 0 bridgehead atoms. The molecule has 0 heterocycles. The monoisotopic (exact) mass is 1010 g/mol. The third-order valence-corrected chi connectivity index (χ3v) is 12.8. The lowest BCUT2D eigenvalue weighted by Crippen LogP contribution is -2.20. The SMILES string of the molecule is C#C/C(=C/C=C/N(CCCCCCN(/C=C/C=C/C(C#C)C(=O)OCCCCCCCC)CCCCCC(C)/C=C/C=C(\C#C)C(=O)OCCCCCCCC)Cc1ccccc1)C(=O)OCCCCCCCC. The van der Waals surface area contributed by atoms with Crippen LogP contribution in [0.5, 0.6) is 0 Å². The summed E-state index contributed by atoms with van der Waals surface area (Å²) in [4.78, 5) is 42.6. The van der Waals surface area contributed by atoms with Gasteiger partial charge in [-0.25, -0.2) is 9.59 Å². The number of terminal acetylenes is 3. The average molecular weight is 1020 g/mol. The number of hydrogen-bond acceptors (Lipinski definition) is 8. The second kappa shape index (κ2) is 48.3. The molecule has 0 spiro atoms.